The van der Waals surface area contributed by atoms with E-state index in [-0.39, 0.29) is 11.7 Å². The zero-order valence-electron chi connectivity index (χ0n) is 29.0. The van der Waals surface area contributed by atoms with Crippen LogP contribution in [0.3, 0.4) is 0 Å². The average Bonchev–Trinajstić information content (AvgIpc) is 3.08. The molecule has 1 aliphatic rings. The van der Waals surface area contributed by atoms with Crippen LogP contribution in [0.2, 0.25) is 0 Å². The number of amides is 1. The Kier molecular flexibility index (Phi) is 17.6. The van der Waals surface area contributed by atoms with Crippen molar-refractivity contribution in [3.05, 3.63) is 64.7 Å². The fraction of sp³-hybridized carbons (Fsp3) is 0.600. The van der Waals surface area contributed by atoms with Crippen molar-refractivity contribution in [2.75, 3.05) is 39.8 Å². The van der Waals surface area contributed by atoms with Gasteiger partial charge in [-0.2, -0.15) is 0 Å². The molecule has 6 nitrogen and oxygen atoms in total. The molecule has 1 fully saturated rings. The predicted molar refractivity (Wildman–Crippen MR) is 191 cm³/mol. The van der Waals surface area contributed by atoms with Crippen LogP contribution in [0.25, 0.3) is 6.08 Å². The van der Waals surface area contributed by atoms with Gasteiger partial charge in [-0.15, -0.1) is 0 Å². The third kappa shape index (κ3) is 13.3. The third-order valence-electron chi connectivity index (χ3n) is 9.25. The lowest BCUT2D eigenvalue weighted by atomic mass is 9.95. The molecule has 1 N–H and O–H groups in total. The highest BCUT2D eigenvalue weighted by molar-refractivity contribution is 5.98. The summed E-state index contributed by atoms with van der Waals surface area (Å²) in [5, 5.41) is 11.2. The molecule has 0 unspecified atom stereocenters. The molecule has 2 aromatic rings. The minimum Gasteiger partial charge on any atom is -0.507 e. The van der Waals surface area contributed by atoms with Crippen LogP contribution in [0.5, 0.6) is 11.5 Å². The van der Waals surface area contributed by atoms with Crippen LogP contribution >= 0.6 is 0 Å². The van der Waals surface area contributed by atoms with Gasteiger partial charge in [-0.3, -0.25) is 14.5 Å². The minimum absolute atomic E-state index is 0.00546. The molecular formula is C40H60N2O4. The smallest absolute Gasteiger partial charge is 0.246 e. The summed E-state index contributed by atoms with van der Waals surface area (Å²) in [6.45, 7) is 7.35. The highest BCUT2D eigenvalue weighted by atomic mass is 16.5. The second-order valence-corrected chi connectivity index (χ2v) is 13.0. The van der Waals surface area contributed by atoms with Gasteiger partial charge in [0.2, 0.25) is 5.91 Å². The number of hydrogen-bond donors (Lipinski definition) is 1. The maximum atomic E-state index is 13.2. The molecule has 0 atom stereocenters. The topological polar surface area (TPSA) is 70.1 Å². The Balaban J connectivity index is 1.56. The summed E-state index contributed by atoms with van der Waals surface area (Å²) in [6, 6.07) is 11.4. The molecule has 6 heteroatoms. The summed E-state index contributed by atoms with van der Waals surface area (Å²) in [7, 11) is 1.60. The van der Waals surface area contributed by atoms with Crippen LogP contribution in [-0.2, 0) is 17.6 Å². The molecule has 0 spiro atoms. The van der Waals surface area contributed by atoms with Gasteiger partial charge in [0.15, 0.2) is 5.78 Å². The standard InChI is InChI=1S/C40H60N2O4/c1-4-6-8-10-12-14-16-19-35-29-33(30-36(40(35)45)20-17-15-13-11-9-7-5-2)23-24-39(44)42-27-25-41(26-28-42)32-38(43)34-21-18-22-37(31-34)46-3/h18,21-24,29-31,45H,4-17,19-20,25-28,32H2,1-3H3. The summed E-state index contributed by atoms with van der Waals surface area (Å²) in [5.74, 6) is 1.19. The molecule has 1 aliphatic heterocycles. The van der Waals surface area contributed by atoms with Crippen LogP contribution < -0.4 is 4.74 Å². The quantitative estimate of drug-likeness (QED) is 0.0797. The van der Waals surface area contributed by atoms with Crippen molar-refractivity contribution in [2.45, 2.75) is 117 Å². The monoisotopic (exact) mass is 632 g/mol. The lowest BCUT2D eigenvalue weighted by molar-refractivity contribution is -0.127. The fourth-order valence-electron chi connectivity index (χ4n) is 6.30. The van der Waals surface area contributed by atoms with Crippen molar-refractivity contribution in [2.24, 2.45) is 0 Å². The first-order valence-corrected chi connectivity index (χ1v) is 18.2. The number of rotatable bonds is 22. The van der Waals surface area contributed by atoms with Gasteiger partial charge in [0.1, 0.15) is 11.5 Å². The number of methoxy groups -OCH3 is 1. The van der Waals surface area contributed by atoms with Crippen LogP contribution in [0, 0.1) is 0 Å². The van der Waals surface area contributed by atoms with E-state index in [1.807, 2.05) is 29.2 Å². The first-order valence-electron chi connectivity index (χ1n) is 18.2. The van der Waals surface area contributed by atoms with Gasteiger partial charge in [-0.25, -0.2) is 0 Å². The molecule has 0 aliphatic carbocycles. The number of carbonyl (C=O) groups is 2. The molecule has 2 aromatic carbocycles. The second kappa shape index (κ2) is 21.6. The maximum absolute atomic E-state index is 13.2. The molecule has 0 radical (unpaired) electrons. The van der Waals surface area contributed by atoms with Gasteiger partial charge < -0.3 is 14.7 Å². The number of ketones is 1. The van der Waals surface area contributed by atoms with E-state index in [0.717, 1.165) is 42.4 Å². The highest BCUT2D eigenvalue weighted by Crippen LogP contribution is 2.29. The Bertz CT molecular complexity index is 1180. The molecule has 1 amide bonds. The number of unbranched alkanes of at least 4 members (excludes halogenated alkanes) is 12. The largest absolute Gasteiger partial charge is 0.507 e. The van der Waals surface area contributed by atoms with E-state index >= 15 is 0 Å². The van der Waals surface area contributed by atoms with Gasteiger partial charge in [0.05, 0.1) is 13.7 Å². The first-order chi connectivity index (χ1) is 22.4. The third-order valence-corrected chi connectivity index (χ3v) is 9.25. The van der Waals surface area contributed by atoms with E-state index < -0.39 is 0 Å². The molecular weight excluding hydrogens is 572 g/mol. The van der Waals surface area contributed by atoms with Crippen molar-refractivity contribution >= 4 is 17.8 Å². The normalized spacial score (nSPS) is 13.8. The van der Waals surface area contributed by atoms with Gasteiger partial charge >= 0.3 is 0 Å². The Morgan fingerprint density at radius 3 is 1.85 bits per heavy atom. The van der Waals surface area contributed by atoms with E-state index in [9.17, 15) is 14.7 Å². The van der Waals surface area contributed by atoms with E-state index in [4.69, 9.17) is 4.74 Å². The summed E-state index contributed by atoms with van der Waals surface area (Å²) < 4.78 is 5.25. The highest BCUT2D eigenvalue weighted by Gasteiger charge is 2.22. The van der Waals surface area contributed by atoms with E-state index in [1.54, 1.807) is 19.3 Å². The summed E-state index contributed by atoms with van der Waals surface area (Å²) >= 11 is 0. The number of phenols is 1. The van der Waals surface area contributed by atoms with Gasteiger partial charge in [-0.1, -0.05) is 103 Å². The maximum Gasteiger partial charge on any atom is 0.246 e. The van der Waals surface area contributed by atoms with Gasteiger partial charge in [0, 0.05) is 37.8 Å². The number of carbonyl (C=O) groups excluding carboxylic acids is 2. The van der Waals surface area contributed by atoms with E-state index in [0.29, 0.717) is 49.8 Å². The minimum atomic E-state index is -0.00546. The van der Waals surface area contributed by atoms with E-state index in [2.05, 4.69) is 30.9 Å². The number of aromatic hydroxyl groups is 1. The zero-order valence-corrected chi connectivity index (χ0v) is 29.0. The Hall–Kier alpha value is -3.12. The van der Waals surface area contributed by atoms with Crippen molar-refractivity contribution < 1.29 is 19.4 Å². The average molecular weight is 633 g/mol. The summed E-state index contributed by atoms with van der Waals surface area (Å²) in [6.07, 6.45) is 22.7. The summed E-state index contributed by atoms with van der Waals surface area (Å²) in [5.41, 5.74) is 3.66. The Labute approximate surface area is 279 Å². The molecule has 1 heterocycles. The number of hydrogen-bond acceptors (Lipinski definition) is 5. The molecule has 1 saturated heterocycles. The number of piperazine rings is 1. The molecule has 3 rings (SSSR count). The van der Waals surface area contributed by atoms with Crippen molar-refractivity contribution in [3.63, 3.8) is 0 Å². The number of ether oxygens (including phenoxy) is 1. The Morgan fingerprint density at radius 2 is 1.30 bits per heavy atom. The second-order valence-electron chi connectivity index (χ2n) is 13.0. The van der Waals surface area contributed by atoms with Crippen molar-refractivity contribution in [3.8, 4) is 11.5 Å². The number of phenolic OH excluding ortho intramolecular Hbond substituents is 1. The van der Waals surface area contributed by atoms with Crippen LogP contribution in [0.15, 0.2) is 42.5 Å². The SMILES string of the molecule is CCCCCCCCCc1cc(C=CC(=O)N2CCN(CC(=O)c3cccc(OC)c3)CC2)cc(CCCCCCCCC)c1O. The van der Waals surface area contributed by atoms with Gasteiger partial charge in [0.25, 0.3) is 0 Å². The van der Waals surface area contributed by atoms with Crippen LogP contribution in [0.4, 0.5) is 0 Å². The van der Waals surface area contributed by atoms with Crippen LogP contribution in [-0.4, -0.2) is 66.4 Å². The summed E-state index contributed by atoms with van der Waals surface area (Å²) in [4.78, 5) is 29.9. The number of benzene rings is 2. The molecule has 46 heavy (non-hydrogen) atoms. The van der Waals surface area contributed by atoms with Gasteiger partial charge in [-0.05, 0) is 72.7 Å². The number of aryl methyl sites for hydroxylation is 2. The van der Waals surface area contributed by atoms with Crippen molar-refractivity contribution in [1.82, 2.24) is 9.80 Å². The number of nitrogens with zero attached hydrogens (tertiary/aromatic N) is 2. The van der Waals surface area contributed by atoms with Crippen molar-refractivity contribution in [1.29, 1.82) is 0 Å². The molecule has 0 aromatic heterocycles. The molecule has 0 saturated carbocycles. The lowest BCUT2D eigenvalue weighted by Crippen LogP contribution is -2.49. The lowest BCUT2D eigenvalue weighted by Gasteiger charge is -2.33. The molecule has 0 bridgehead atoms. The molecule has 254 valence electrons. The predicted octanol–water partition coefficient (Wildman–Crippen LogP) is 9.03. The van der Waals surface area contributed by atoms with E-state index in [1.165, 1.54) is 77.0 Å². The number of Topliss-reactive ketones (excluding diaryl/α,β-unsaturated/α-hetero) is 1. The zero-order chi connectivity index (χ0) is 33.0. The fourth-order valence-corrected chi connectivity index (χ4v) is 6.30. The van der Waals surface area contributed by atoms with Crippen LogP contribution in [0.1, 0.15) is 131 Å². The first kappa shape index (κ1) is 37.3. The Morgan fingerprint density at radius 1 is 0.761 bits per heavy atom.